The molecule has 1 aliphatic rings. The smallest absolute Gasteiger partial charge is 0.490 e. The second kappa shape index (κ2) is 15.0. The SMILES string of the molecule is O=C(O)C(F)(F)F.O=C(OCCCN1CCOCC1)c1ccc(CS(=O)(=O)c2cc(-c3cc(F)ccc3O)c(Cl)s2)cc1O. The number of hydrogen-bond donors (Lipinski definition) is 3. The zero-order valence-corrected chi connectivity index (χ0v) is 25.0. The van der Waals surface area contributed by atoms with Crippen molar-refractivity contribution in [3.8, 4) is 22.6 Å². The maximum atomic E-state index is 13.7. The van der Waals surface area contributed by atoms with Crippen molar-refractivity contribution in [2.45, 2.75) is 22.6 Å². The van der Waals surface area contributed by atoms with Crippen LogP contribution in [0.2, 0.25) is 4.34 Å². The quantitative estimate of drug-likeness (QED) is 0.158. The van der Waals surface area contributed by atoms with Crippen LogP contribution in [0, 0.1) is 5.82 Å². The summed E-state index contributed by atoms with van der Waals surface area (Å²) in [4.78, 5) is 23.5. The second-order valence-electron chi connectivity index (χ2n) is 9.27. The van der Waals surface area contributed by atoms with Gasteiger partial charge >= 0.3 is 18.1 Å². The van der Waals surface area contributed by atoms with Crippen LogP contribution in [0.4, 0.5) is 17.6 Å². The van der Waals surface area contributed by atoms with Gasteiger partial charge in [0.1, 0.15) is 31.4 Å². The zero-order chi connectivity index (χ0) is 32.7. The predicted octanol–water partition coefficient (Wildman–Crippen LogP) is 5.11. The lowest BCUT2D eigenvalue weighted by Gasteiger charge is -2.26. The number of benzene rings is 2. The van der Waals surface area contributed by atoms with Gasteiger partial charge in [0, 0.05) is 30.8 Å². The van der Waals surface area contributed by atoms with Crippen LogP contribution in [0.3, 0.4) is 0 Å². The van der Waals surface area contributed by atoms with Gasteiger partial charge in [-0.05, 0) is 48.4 Å². The molecule has 4 rings (SSSR count). The molecule has 2 heterocycles. The summed E-state index contributed by atoms with van der Waals surface area (Å²) in [6, 6.07) is 8.53. The number of aliphatic carboxylic acids is 1. The number of phenolic OH excluding ortho intramolecular Hbond substituents is 2. The van der Waals surface area contributed by atoms with Gasteiger partial charge in [0.25, 0.3) is 0 Å². The Morgan fingerprint density at radius 1 is 1.02 bits per heavy atom. The van der Waals surface area contributed by atoms with Crippen LogP contribution in [-0.2, 0) is 29.9 Å². The van der Waals surface area contributed by atoms with Gasteiger partial charge in [-0.1, -0.05) is 17.7 Å². The average molecular weight is 684 g/mol. The number of nitrogens with zero attached hydrogens (tertiary/aromatic N) is 1. The van der Waals surface area contributed by atoms with Gasteiger partial charge in [-0.2, -0.15) is 13.2 Å². The number of halogens is 5. The molecular weight excluding hydrogens is 658 g/mol. The number of carbonyl (C=O) groups is 2. The molecule has 240 valence electrons. The van der Waals surface area contributed by atoms with E-state index in [-0.39, 0.29) is 48.9 Å². The highest BCUT2D eigenvalue weighted by molar-refractivity contribution is 7.92. The Balaban J connectivity index is 0.000000676. The normalized spacial score (nSPS) is 14.0. The predicted molar refractivity (Wildman–Crippen MR) is 151 cm³/mol. The fraction of sp³-hybridized carbons (Fsp3) is 0.333. The monoisotopic (exact) mass is 683 g/mol. The number of ether oxygens (including phenoxy) is 2. The van der Waals surface area contributed by atoms with Crippen molar-refractivity contribution >= 4 is 44.7 Å². The number of esters is 1. The number of carbonyl (C=O) groups excluding carboxylic acids is 1. The van der Waals surface area contributed by atoms with E-state index in [4.69, 9.17) is 31.0 Å². The molecule has 0 unspecified atom stereocenters. The molecule has 0 bridgehead atoms. The third-order valence-corrected chi connectivity index (χ3v) is 9.67. The second-order valence-corrected chi connectivity index (χ2v) is 13.1. The molecule has 1 aromatic heterocycles. The minimum absolute atomic E-state index is 0.0597. The topological polar surface area (TPSA) is 151 Å². The lowest BCUT2D eigenvalue weighted by Crippen LogP contribution is -2.37. The van der Waals surface area contributed by atoms with E-state index in [0.29, 0.717) is 19.6 Å². The van der Waals surface area contributed by atoms with Crippen molar-refractivity contribution in [1.82, 2.24) is 4.90 Å². The van der Waals surface area contributed by atoms with Gasteiger partial charge < -0.3 is 24.8 Å². The summed E-state index contributed by atoms with van der Waals surface area (Å²) in [5, 5.41) is 27.5. The van der Waals surface area contributed by atoms with Gasteiger partial charge in [-0.25, -0.2) is 22.4 Å². The number of carboxylic acids is 1. The first-order valence-electron chi connectivity index (χ1n) is 12.7. The summed E-state index contributed by atoms with van der Waals surface area (Å²) >= 11 is 6.99. The summed E-state index contributed by atoms with van der Waals surface area (Å²) < 4.78 is 82.0. The number of aromatic hydroxyl groups is 2. The van der Waals surface area contributed by atoms with Crippen LogP contribution in [0.15, 0.2) is 46.7 Å². The van der Waals surface area contributed by atoms with E-state index in [1.165, 1.54) is 24.3 Å². The molecule has 44 heavy (non-hydrogen) atoms. The molecule has 0 radical (unpaired) electrons. The molecule has 1 fully saturated rings. The first-order valence-corrected chi connectivity index (χ1v) is 15.5. The molecule has 10 nitrogen and oxygen atoms in total. The van der Waals surface area contributed by atoms with E-state index < -0.39 is 39.5 Å². The highest BCUT2D eigenvalue weighted by Gasteiger charge is 2.38. The third kappa shape index (κ3) is 9.79. The summed E-state index contributed by atoms with van der Waals surface area (Å²) in [7, 11) is -3.91. The fourth-order valence-corrected chi connectivity index (χ4v) is 7.06. The van der Waals surface area contributed by atoms with E-state index in [2.05, 4.69) is 4.90 Å². The van der Waals surface area contributed by atoms with E-state index in [1.54, 1.807) is 0 Å². The maximum Gasteiger partial charge on any atom is 0.490 e. The molecule has 0 spiro atoms. The number of alkyl halides is 3. The Morgan fingerprint density at radius 2 is 1.68 bits per heavy atom. The van der Waals surface area contributed by atoms with E-state index >= 15 is 0 Å². The Hall–Kier alpha value is -3.44. The van der Waals surface area contributed by atoms with E-state index in [0.717, 1.165) is 49.2 Å². The minimum Gasteiger partial charge on any atom is -0.507 e. The van der Waals surface area contributed by atoms with Gasteiger partial charge in [-0.15, -0.1) is 11.3 Å². The van der Waals surface area contributed by atoms with Crippen LogP contribution >= 0.6 is 22.9 Å². The molecule has 1 saturated heterocycles. The molecule has 3 aromatic rings. The van der Waals surface area contributed by atoms with Crippen molar-refractivity contribution < 1.29 is 60.4 Å². The van der Waals surface area contributed by atoms with Crippen LogP contribution in [0.1, 0.15) is 22.3 Å². The summed E-state index contributed by atoms with van der Waals surface area (Å²) in [6.45, 7) is 4.01. The molecule has 2 aromatic carbocycles. The molecule has 17 heteroatoms. The van der Waals surface area contributed by atoms with Gasteiger partial charge in [0.2, 0.25) is 0 Å². The minimum atomic E-state index is -5.08. The Bertz CT molecular complexity index is 1590. The fourth-order valence-electron chi connectivity index (χ4n) is 3.89. The molecule has 0 atom stereocenters. The Labute approximate surface area is 257 Å². The van der Waals surface area contributed by atoms with Gasteiger partial charge in [-0.3, -0.25) is 4.90 Å². The van der Waals surface area contributed by atoms with Crippen molar-refractivity contribution in [2.75, 3.05) is 39.5 Å². The Kier molecular flexibility index (Phi) is 12.0. The summed E-state index contributed by atoms with van der Waals surface area (Å²) in [6.07, 6.45) is -4.44. The van der Waals surface area contributed by atoms with Crippen LogP contribution in [-0.4, -0.2) is 86.2 Å². The van der Waals surface area contributed by atoms with Gasteiger partial charge in [0.15, 0.2) is 9.84 Å². The first-order chi connectivity index (χ1) is 20.6. The number of carboxylic acid groups (broad SMARTS) is 1. The number of thiophene rings is 1. The van der Waals surface area contributed by atoms with Crippen LogP contribution in [0.5, 0.6) is 11.5 Å². The molecule has 1 aliphatic heterocycles. The number of rotatable bonds is 9. The van der Waals surface area contributed by atoms with E-state index in [9.17, 15) is 41.0 Å². The van der Waals surface area contributed by atoms with Crippen LogP contribution < -0.4 is 0 Å². The summed E-state index contributed by atoms with van der Waals surface area (Å²) in [5.41, 5.74) is 0.460. The summed E-state index contributed by atoms with van der Waals surface area (Å²) in [5.74, 6) is -5.16. The number of hydrogen-bond acceptors (Lipinski definition) is 10. The number of morpholine rings is 1. The third-order valence-electron chi connectivity index (χ3n) is 6.06. The van der Waals surface area contributed by atoms with Crippen molar-refractivity contribution in [3.05, 3.63) is 63.7 Å². The highest BCUT2D eigenvalue weighted by Crippen LogP contribution is 2.42. The van der Waals surface area contributed by atoms with Crippen molar-refractivity contribution in [2.24, 2.45) is 0 Å². The lowest BCUT2D eigenvalue weighted by atomic mass is 10.1. The first kappa shape index (κ1) is 35.0. The molecule has 0 saturated carbocycles. The number of sulfone groups is 1. The molecule has 3 N–H and O–H groups in total. The largest absolute Gasteiger partial charge is 0.507 e. The van der Waals surface area contributed by atoms with Crippen molar-refractivity contribution in [1.29, 1.82) is 0 Å². The highest BCUT2D eigenvalue weighted by atomic mass is 35.5. The molecular formula is C27H26ClF4NO9S2. The average Bonchev–Trinajstić information content (AvgIpc) is 3.35. The maximum absolute atomic E-state index is 13.7. The lowest BCUT2D eigenvalue weighted by molar-refractivity contribution is -0.192. The zero-order valence-electron chi connectivity index (χ0n) is 22.6. The number of phenols is 2. The van der Waals surface area contributed by atoms with Gasteiger partial charge in [0.05, 0.1) is 25.6 Å². The van der Waals surface area contributed by atoms with Crippen LogP contribution in [0.25, 0.3) is 11.1 Å². The Morgan fingerprint density at radius 3 is 2.30 bits per heavy atom. The standard InChI is InChI=1S/C25H25ClFNO7S2.C2HF3O2/c26-24-20(19-13-17(27)3-5-21(19)29)14-23(36-24)37(32,33)15-16-2-4-18(22(30)12-16)25(31)35-9-1-6-28-7-10-34-11-8-28;3-2(4,5)1(6)7/h2-5,12-14,29-30H,1,6-11,15H2;(H,6,7). The van der Waals surface area contributed by atoms with E-state index in [1.807, 2.05) is 0 Å². The molecule has 0 aliphatic carbocycles. The molecule has 0 amide bonds. The van der Waals surface area contributed by atoms with Crippen molar-refractivity contribution in [3.63, 3.8) is 0 Å².